The zero-order chi connectivity index (χ0) is 15.3. The minimum absolute atomic E-state index is 0.259. The quantitative estimate of drug-likeness (QED) is 0.726. The topological polar surface area (TPSA) is 73.6 Å². The van der Waals surface area contributed by atoms with E-state index in [1.165, 1.54) is 0 Å². The Labute approximate surface area is 125 Å². The number of carbonyl (C=O) groups is 1. The van der Waals surface area contributed by atoms with Gasteiger partial charge in [-0.15, -0.1) is 0 Å². The summed E-state index contributed by atoms with van der Waals surface area (Å²) < 4.78 is 11.2. The zero-order valence-electron chi connectivity index (χ0n) is 12.7. The Bertz CT molecular complexity index is 471. The number of carbonyl (C=O) groups excluding carboxylic acids is 1. The van der Waals surface area contributed by atoms with Gasteiger partial charge >= 0.3 is 0 Å². The molecule has 1 aliphatic carbocycles. The third kappa shape index (κ3) is 3.67. The van der Waals surface area contributed by atoms with Gasteiger partial charge in [0.05, 0.1) is 6.61 Å². The molecule has 1 unspecified atom stereocenters. The van der Waals surface area contributed by atoms with E-state index < -0.39 is 5.54 Å². The van der Waals surface area contributed by atoms with E-state index in [0.717, 1.165) is 18.6 Å². The predicted octanol–water partition coefficient (Wildman–Crippen LogP) is 1.71. The molecular weight excluding hydrogens is 268 g/mol. The van der Waals surface area contributed by atoms with E-state index in [2.05, 4.69) is 5.32 Å². The average Bonchev–Trinajstić information content (AvgIpc) is 3.30. The molecule has 0 aliphatic heterocycles. The lowest BCUT2D eigenvalue weighted by molar-refractivity contribution is -0.126. The van der Waals surface area contributed by atoms with Crippen LogP contribution in [0.2, 0.25) is 0 Å². The number of benzene rings is 1. The van der Waals surface area contributed by atoms with Crippen molar-refractivity contribution in [3.63, 3.8) is 0 Å². The van der Waals surface area contributed by atoms with Crippen molar-refractivity contribution in [1.29, 1.82) is 0 Å². The molecule has 0 aromatic heterocycles. The van der Waals surface area contributed by atoms with Crippen LogP contribution in [-0.2, 0) is 4.79 Å². The molecular formula is C16H24N2O3. The molecule has 1 aliphatic rings. The Kier molecular flexibility index (Phi) is 5.07. The standard InChI is InChI=1S/C16H24N2O3/c1-3-18-16(15(17)19,12-5-6-12)11-21-14-9-7-13(8-10-14)20-4-2/h7-10,12,18H,3-6,11H2,1-2H3,(H2,17,19). The number of primary amides is 1. The van der Waals surface area contributed by atoms with Crippen molar-refractivity contribution in [1.82, 2.24) is 5.32 Å². The van der Waals surface area contributed by atoms with Crippen LogP contribution in [0.3, 0.4) is 0 Å². The van der Waals surface area contributed by atoms with Gasteiger partial charge < -0.3 is 20.5 Å². The van der Waals surface area contributed by atoms with Crippen LogP contribution >= 0.6 is 0 Å². The van der Waals surface area contributed by atoms with E-state index in [4.69, 9.17) is 15.2 Å². The molecule has 1 saturated carbocycles. The van der Waals surface area contributed by atoms with Gasteiger partial charge in [0.15, 0.2) is 0 Å². The Hall–Kier alpha value is -1.75. The molecule has 1 fully saturated rings. The first-order valence-electron chi connectivity index (χ1n) is 7.53. The fraction of sp³-hybridized carbons (Fsp3) is 0.562. The van der Waals surface area contributed by atoms with Gasteiger partial charge in [-0.05, 0) is 56.5 Å². The third-order valence-corrected chi connectivity index (χ3v) is 3.81. The number of hydrogen-bond donors (Lipinski definition) is 2. The van der Waals surface area contributed by atoms with Crippen LogP contribution in [0.5, 0.6) is 11.5 Å². The molecule has 116 valence electrons. The van der Waals surface area contributed by atoms with Crippen molar-refractivity contribution < 1.29 is 14.3 Å². The number of nitrogens with two attached hydrogens (primary N) is 1. The number of nitrogens with one attached hydrogen (secondary N) is 1. The number of likely N-dealkylation sites (N-methyl/N-ethyl adjacent to an activating group) is 1. The smallest absolute Gasteiger partial charge is 0.241 e. The normalized spacial score (nSPS) is 17.0. The van der Waals surface area contributed by atoms with Crippen LogP contribution in [0.15, 0.2) is 24.3 Å². The number of amides is 1. The number of ether oxygens (including phenoxy) is 2. The van der Waals surface area contributed by atoms with Gasteiger partial charge in [0.1, 0.15) is 23.6 Å². The summed E-state index contributed by atoms with van der Waals surface area (Å²) in [6.45, 7) is 5.49. The van der Waals surface area contributed by atoms with Gasteiger partial charge in [0.2, 0.25) is 5.91 Å². The Balaban J connectivity index is 2.02. The zero-order valence-corrected chi connectivity index (χ0v) is 12.7. The van der Waals surface area contributed by atoms with Crippen molar-refractivity contribution in [2.24, 2.45) is 11.7 Å². The molecule has 0 saturated heterocycles. The first kappa shape index (κ1) is 15.6. The van der Waals surface area contributed by atoms with Crippen LogP contribution < -0.4 is 20.5 Å². The predicted molar refractivity (Wildman–Crippen MR) is 81.4 cm³/mol. The molecule has 21 heavy (non-hydrogen) atoms. The minimum Gasteiger partial charge on any atom is -0.494 e. The molecule has 1 atom stereocenters. The Morgan fingerprint density at radius 3 is 2.24 bits per heavy atom. The van der Waals surface area contributed by atoms with E-state index in [1.807, 2.05) is 38.1 Å². The molecule has 0 radical (unpaired) electrons. The maximum absolute atomic E-state index is 11.9. The first-order chi connectivity index (χ1) is 10.1. The van der Waals surface area contributed by atoms with Crippen LogP contribution in [0.4, 0.5) is 0 Å². The van der Waals surface area contributed by atoms with Gasteiger partial charge in [-0.2, -0.15) is 0 Å². The molecule has 5 heteroatoms. The summed E-state index contributed by atoms with van der Waals surface area (Å²) in [6, 6.07) is 7.40. The second-order valence-corrected chi connectivity index (χ2v) is 5.33. The van der Waals surface area contributed by atoms with E-state index in [1.54, 1.807) is 0 Å². The first-order valence-corrected chi connectivity index (χ1v) is 7.53. The van der Waals surface area contributed by atoms with Crippen molar-refractivity contribution in [3.8, 4) is 11.5 Å². The molecule has 1 aromatic rings. The lowest BCUT2D eigenvalue weighted by Gasteiger charge is -2.31. The highest BCUT2D eigenvalue weighted by molar-refractivity contribution is 5.85. The molecule has 5 nitrogen and oxygen atoms in total. The summed E-state index contributed by atoms with van der Waals surface area (Å²) in [6.07, 6.45) is 2.03. The second kappa shape index (κ2) is 6.80. The number of hydrogen-bond acceptors (Lipinski definition) is 4. The summed E-state index contributed by atoms with van der Waals surface area (Å²) in [5.41, 5.74) is 4.87. The summed E-state index contributed by atoms with van der Waals surface area (Å²) in [5, 5.41) is 3.24. The van der Waals surface area contributed by atoms with Crippen LogP contribution in [-0.4, -0.2) is 31.2 Å². The van der Waals surface area contributed by atoms with Crippen LogP contribution in [0.25, 0.3) is 0 Å². The third-order valence-electron chi connectivity index (χ3n) is 3.81. The van der Waals surface area contributed by atoms with Crippen molar-refractivity contribution in [3.05, 3.63) is 24.3 Å². The summed E-state index contributed by atoms with van der Waals surface area (Å²) in [4.78, 5) is 11.9. The van der Waals surface area contributed by atoms with Gasteiger partial charge in [0.25, 0.3) is 0 Å². The largest absolute Gasteiger partial charge is 0.494 e. The molecule has 2 rings (SSSR count). The highest BCUT2D eigenvalue weighted by atomic mass is 16.5. The SMILES string of the molecule is CCNC(COc1ccc(OCC)cc1)(C(N)=O)C1CC1. The maximum atomic E-state index is 11.9. The molecule has 3 N–H and O–H groups in total. The molecule has 1 aromatic carbocycles. The van der Waals surface area contributed by atoms with Gasteiger partial charge in [-0.3, -0.25) is 4.79 Å². The summed E-state index contributed by atoms with van der Waals surface area (Å²) in [7, 11) is 0. The lowest BCUT2D eigenvalue weighted by atomic mass is 9.93. The van der Waals surface area contributed by atoms with Crippen molar-refractivity contribution in [2.45, 2.75) is 32.2 Å². The second-order valence-electron chi connectivity index (χ2n) is 5.33. The molecule has 0 bridgehead atoms. The van der Waals surface area contributed by atoms with Gasteiger partial charge in [-0.1, -0.05) is 6.92 Å². The van der Waals surface area contributed by atoms with Crippen LogP contribution in [0.1, 0.15) is 26.7 Å². The highest BCUT2D eigenvalue weighted by Gasteiger charge is 2.50. The lowest BCUT2D eigenvalue weighted by Crippen LogP contribution is -2.61. The van der Waals surface area contributed by atoms with E-state index in [9.17, 15) is 4.79 Å². The molecule has 0 heterocycles. The monoisotopic (exact) mass is 292 g/mol. The van der Waals surface area contributed by atoms with Crippen molar-refractivity contribution in [2.75, 3.05) is 19.8 Å². The van der Waals surface area contributed by atoms with Crippen molar-refractivity contribution >= 4 is 5.91 Å². The number of rotatable bonds is 9. The fourth-order valence-electron chi connectivity index (χ4n) is 2.56. The van der Waals surface area contributed by atoms with Gasteiger partial charge in [-0.25, -0.2) is 0 Å². The van der Waals surface area contributed by atoms with E-state index in [-0.39, 0.29) is 18.4 Å². The molecule has 0 spiro atoms. The Morgan fingerprint density at radius 1 is 1.24 bits per heavy atom. The Morgan fingerprint density at radius 2 is 1.81 bits per heavy atom. The average molecular weight is 292 g/mol. The highest BCUT2D eigenvalue weighted by Crippen LogP contribution is 2.40. The van der Waals surface area contributed by atoms with E-state index in [0.29, 0.717) is 18.9 Å². The minimum atomic E-state index is -0.757. The fourth-order valence-corrected chi connectivity index (χ4v) is 2.56. The van der Waals surface area contributed by atoms with Crippen LogP contribution in [0, 0.1) is 5.92 Å². The maximum Gasteiger partial charge on any atom is 0.241 e. The van der Waals surface area contributed by atoms with Gasteiger partial charge in [0, 0.05) is 0 Å². The molecule has 1 amide bonds. The summed E-state index contributed by atoms with van der Waals surface area (Å²) in [5.74, 6) is 1.46. The van der Waals surface area contributed by atoms with E-state index >= 15 is 0 Å². The summed E-state index contributed by atoms with van der Waals surface area (Å²) >= 11 is 0.